The Kier molecular flexibility index (Phi) is 6.09. The van der Waals surface area contributed by atoms with Gasteiger partial charge < -0.3 is 9.30 Å². The maximum Gasteiger partial charge on any atom is 0.191 e. The number of hydrogen-bond acceptors (Lipinski definition) is 4. The van der Waals surface area contributed by atoms with Crippen molar-refractivity contribution >= 4 is 22.5 Å². The Hall–Kier alpha value is -2.79. The summed E-state index contributed by atoms with van der Waals surface area (Å²) in [5.41, 5.74) is 3.68. The van der Waals surface area contributed by atoms with Crippen LogP contribution in [0.5, 0.6) is 5.75 Å². The van der Waals surface area contributed by atoms with Gasteiger partial charge in [0.15, 0.2) is 17.1 Å². The van der Waals surface area contributed by atoms with Gasteiger partial charge in [0.1, 0.15) is 5.75 Å². The molecule has 4 aromatic rings. The summed E-state index contributed by atoms with van der Waals surface area (Å²) in [5, 5.41) is 12.4. The molecule has 0 N–H and O–H groups in total. The predicted octanol–water partition coefficient (Wildman–Crippen LogP) is 6.50. The Bertz CT molecular complexity index is 1160. The molecule has 0 saturated carbocycles. The first-order chi connectivity index (χ1) is 14.6. The molecule has 4 nitrogen and oxygen atoms in total. The van der Waals surface area contributed by atoms with E-state index in [1.807, 2.05) is 13.0 Å². The number of aromatic nitrogens is 3. The summed E-state index contributed by atoms with van der Waals surface area (Å²) in [6.07, 6.45) is -0.175. The molecule has 5 heteroatoms. The third kappa shape index (κ3) is 4.21. The van der Waals surface area contributed by atoms with Gasteiger partial charge in [-0.1, -0.05) is 71.9 Å². The largest absolute Gasteiger partial charge is 0.482 e. The van der Waals surface area contributed by atoms with Crippen molar-refractivity contribution in [2.75, 3.05) is 0 Å². The lowest BCUT2D eigenvalue weighted by Crippen LogP contribution is -2.12. The number of fused-ring (bicyclic) bond motifs is 1. The molecule has 0 spiro atoms. The van der Waals surface area contributed by atoms with Crippen molar-refractivity contribution in [1.29, 1.82) is 0 Å². The molecule has 0 aliphatic heterocycles. The zero-order chi connectivity index (χ0) is 21.1. The molecule has 1 unspecified atom stereocenters. The molecule has 1 atom stereocenters. The van der Waals surface area contributed by atoms with Crippen LogP contribution < -0.4 is 4.74 Å². The molecule has 0 radical (unpaired) electrons. The number of nitrogens with zero attached hydrogens (tertiary/aromatic N) is 3. The number of rotatable bonds is 7. The van der Waals surface area contributed by atoms with Crippen molar-refractivity contribution in [3.8, 4) is 5.75 Å². The quantitative estimate of drug-likeness (QED) is 0.322. The SMILES string of the molecule is CCn1c(SCc2cccc3ccccc23)nnc1C(C)Oc1ccc(C)cc1C. The number of ether oxygens (including phenoxy) is 1. The summed E-state index contributed by atoms with van der Waals surface area (Å²) < 4.78 is 8.39. The zero-order valence-corrected chi connectivity index (χ0v) is 18.7. The maximum atomic E-state index is 6.23. The molecule has 3 aromatic carbocycles. The second-order valence-corrected chi connectivity index (χ2v) is 8.48. The maximum absolute atomic E-state index is 6.23. The van der Waals surface area contributed by atoms with Crippen molar-refractivity contribution < 1.29 is 4.74 Å². The highest BCUT2D eigenvalue weighted by molar-refractivity contribution is 7.98. The number of thioether (sulfide) groups is 1. The van der Waals surface area contributed by atoms with Crippen LogP contribution in [0.15, 0.2) is 65.8 Å². The van der Waals surface area contributed by atoms with Crippen molar-refractivity contribution in [3.05, 3.63) is 83.2 Å². The molecule has 0 aliphatic carbocycles. The summed E-state index contributed by atoms with van der Waals surface area (Å²) in [5.74, 6) is 2.60. The molecule has 1 aromatic heterocycles. The second kappa shape index (κ2) is 8.92. The van der Waals surface area contributed by atoms with Crippen LogP contribution in [0.3, 0.4) is 0 Å². The standard InChI is InChI=1S/C25H27N3OS/c1-5-28-24(19(4)29-23-14-13-17(2)15-18(23)3)26-27-25(28)30-16-21-11-8-10-20-9-6-7-12-22(20)21/h6-15,19H,5,16H2,1-4H3. The van der Waals surface area contributed by atoms with E-state index < -0.39 is 0 Å². The highest BCUT2D eigenvalue weighted by Gasteiger charge is 2.19. The minimum Gasteiger partial charge on any atom is -0.482 e. The van der Waals surface area contributed by atoms with E-state index >= 15 is 0 Å². The fourth-order valence-corrected chi connectivity index (χ4v) is 4.75. The van der Waals surface area contributed by atoms with Gasteiger partial charge in [-0.25, -0.2) is 0 Å². The van der Waals surface area contributed by atoms with Crippen molar-refractivity contribution in [1.82, 2.24) is 14.8 Å². The predicted molar refractivity (Wildman–Crippen MR) is 124 cm³/mol. The number of aryl methyl sites for hydroxylation is 2. The van der Waals surface area contributed by atoms with Gasteiger partial charge in [-0.3, -0.25) is 0 Å². The van der Waals surface area contributed by atoms with Crippen LogP contribution in [0.25, 0.3) is 10.8 Å². The van der Waals surface area contributed by atoms with E-state index in [9.17, 15) is 0 Å². The van der Waals surface area contributed by atoms with E-state index in [0.29, 0.717) is 0 Å². The molecule has 0 fully saturated rings. The molecular formula is C25H27N3OS. The van der Waals surface area contributed by atoms with Gasteiger partial charge in [-0.05, 0) is 55.7 Å². The minimum absolute atomic E-state index is 0.175. The van der Waals surface area contributed by atoms with E-state index in [0.717, 1.165) is 34.6 Å². The first-order valence-electron chi connectivity index (χ1n) is 10.3. The van der Waals surface area contributed by atoms with Crippen molar-refractivity contribution in [3.63, 3.8) is 0 Å². The Balaban J connectivity index is 1.53. The Morgan fingerprint density at radius 1 is 1.00 bits per heavy atom. The van der Waals surface area contributed by atoms with E-state index in [-0.39, 0.29) is 6.10 Å². The molecule has 0 amide bonds. The van der Waals surface area contributed by atoms with Crippen molar-refractivity contribution in [2.45, 2.75) is 51.3 Å². The lowest BCUT2D eigenvalue weighted by atomic mass is 10.1. The minimum atomic E-state index is -0.175. The summed E-state index contributed by atoms with van der Waals surface area (Å²) in [4.78, 5) is 0. The van der Waals surface area contributed by atoms with Crippen LogP contribution in [0.2, 0.25) is 0 Å². The average molecular weight is 418 g/mol. The van der Waals surface area contributed by atoms with E-state index in [1.165, 1.54) is 21.9 Å². The topological polar surface area (TPSA) is 39.9 Å². The first-order valence-corrected chi connectivity index (χ1v) is 11.3. The Morgan fingerprint density at radius 3 is 2.60 bits per heavy atom. The van der Waals surface area contributed by atoms with Crippen LogP contribution in [0.4, 0.5) is 0 Å². The zero-order valence-electron chi connectivity index (χ0n) is 17.9. The van der Waals surface area contributed by atoms with Crippen LogP contribution >= 0.6 is 11.8 Å². The van der Waals surface area contributed by atoms with E-state index in [2.05, 4.69) is 90.1 Å². The molecule has 0 bridgehead atoms. The van der Waals surface area contributed by atoms with Gasteiger partial charge in [0.2, 0.25) is 0 Å². The molecular weight excluding hydrogens is 390 g/mol. The van der Waals surface area contributed by atoms with Gasteiger partial charge in [-0.15, -0.1) is 10.2 Å². The van der Waals surface area contributed by atoms with Crippen LogP contribution in [0, 0.1) is 13.8 Å². The molecule has 4 rings (SSSR count). The summed E-state index contributed by atoms with van der Waals surface area (Å²) in [7, 11) is 0. The fraction of sp³-hybridized carbons (Fsp3) is 0.280. The van der Waals surface area contributed by atoms with Crippen LogP contribution in [-0.2, 0) is 12.3 Å². The highest BCUT2D eigenvalue weighted by Crippen LogP contribution is 2.30. The molecule has 0 aliphatic rings. The fourth-order valence-electron chi connectivity index (χ4n) is 3.74. The monoisotopic (exact) mass is 417 g/mol. The number of hydrogen-bond donors (Lipinski definition) is 0. The highest BCUT2D eigenvalue weighted by atomic mass is 32.2. The lowest BCUT2D eigenvalue weighted by Gasteiger charge is -2.17. The Morgan fingerprint density at radius 2 is 1.80 bits per heavy atom. The van der Waals surface area contributed by atoms with Crippen LogP contribution in [-0.4, -0.2) is 14.8 Å². The molecule has 0 saturated heterocycles. The molecule has 154 valence electrons. The summed E-state index contributed by atoms with van der Waals surface area (Å²) >= 11 is 1.72. The first kappa shape index (κ1) is 20.5. The summed E-state index contributed by atoms with van der Waals surface area (Å²) in [6, 6.07) is 21.2. The third-order valence-corrected chi connectivity index (χ3v) is 6.31. The third-order valence-electron chi connectivity index (χ3n) is 5.30. The normalized spacial score (nSPS) is 12.3. The van der Waals surface area contributed by atoms with E-state index in [4.69, 9.17) is 4.74 Å². The van der Waals surface area contributed by atoms with E-state index in [1.54, 1.807) is 11.8 Å². The smallest absolute Gasteiger partial charge is 0.191 e. The van der Waals surface area contributed by atoms with Gasteiger partial charge >= 0.3 is 0 Å². The van der Waals surface area contributed by atoms with Gasteiger partial charge in [0.05, 0.1) is 0 Å². The second-order valence-electron chi connectivity index (χ2n) is 7.54. The van der Waals surface area contributed by atoms with Gasteiger partial charge in [0, 0.05) is 12.3 Å². The molecule has 1 heterocycles. The van der Waals surface area contributed by atoms with Gasteiger partial charge in [0.25, 0.3) is 0 Å². The molecule has 30 heavy (non-hydrogen) atoms. The van der Waals surface area contributed by atoms with Crippen molar-refractivity contribution in [2.24, 2.45) is 0 Å². The van der Waals surface area contributed by atoms with Crippen LogP contribution in [0.1, 0.15) is 42.5 Å². The number of benzene rings is 3. The lowest BCUT2D eigenvalue weighted by molar-refractivity contribution is 0.208. The Labute approximate surface area is 182 Å². The van der Waals surface area contributed by atoms with Gasteiger partial charge in [-0.2, -0.15) is 0 Å². The average Bonchev–Trinajstić information content (AvgIpc) is 3.17. The summed E-state index contributed by atoms with van der Waals surface area (Å²) in [6.45, 7) is 9.13.